The number of nitrogens with zero attached hydrogens (tertiary/aromatic N) is 3. The lowest BCUT2D eigenvalue weighted by molar-refractivity contribution is 0.0697. The number of benzene rings is 2. The van der Waals surface area contributed by atoms with Crippen molar-refractivity contribution in [3.05, 3.63) is 72.7 Å². The molecule has 0 unspecified atom stereocenters. The number of anilines is 2. The molecule has 27 heavy (non-hydrogen) atoms. The second-order valence-electron chi connectivity index (χ2n) is 5.85. The van der Waals surface area contributed by atoms with Gasteiger partial charge in [0.1, 0.15) is 5.75 Å². The van der Waals surface area contributed by atoms with Crippen LogP contribution in [0.3, 0.4) is 0 Å². The van der Waals surface area contributed by atoms with E-state index in [9.17, 15) is 4.79 Å². The van der Waals surface area contributed by atoms with Crippen LogP contribution in [0.2, 0.25) is 0 Å². The van der Waals surface area contributed by atoms with E-state index in [0.717, 1.165) is 22.7 Å². The first-order chi connectivity index (χ1) is 13.2. The molecule has 0 amide bonds. The summed E-state index contributed by atoms with van der Waals surface area (Å²) in [7, 11) is 1.63. The van der Waals surface area contributed by atoms with Gasteiger partial charge in [-0.3, -0.25) is 4.40 Å². The predicted octanol–water partition coefficient (Wildman–Crippen LogP) is 3.85. The Morgan fingerprint density at radius 1 is 1.07 bits per heavy atom. The zero-order chi connectivity index (χ0) is 18.8. The summed E-state index contributed by atoms with van der Waals surface area (Å²) in [5.74, 6) is 0.418. The van der Waals surface area contributed by atoms with Gasteiger partial charge in [-0.05, 0) is 48.5 Å². The Hall–Kier alpha value is -3.87. The van der Waals surface area contributed by atoms with Gasteiger partial charge in [0.05, 0.1) is 24.6 Å². The standard InChI is InChI=1S/C20H16N4O3/c1-27-16-8-4-13(5-9-16)17-12-22-19-18(21-10-11-24(17)19)23-15-6-2-14(3-7-15)20(25)26/h2-12H,1H3,(H,21,23)(H,25,26). The molecule has 0 saturated carbocycles. The van der Waals surface area contributed by atoms with Gasteiger partial charge in [-0.15, -0.1) is 0 Å². The Morgan fingerprint density at radius 2 is 1.81 bits per heavy atom. The van der Waals surface area contributed by atoms with Gasteiger partial charge in [-0.1, -0.05) is 0 Å². The van der Waals surface area contributed by atoms with Crippen LogP contribution < -0.4 is 10.1 Å². The fourth-order valence-electron chi connectivity index (χ4n) is 2.82. The van der Waals surface area contributed by atoms with Crippen LogP contribution in [0, 0.1) is 0 Å². The van der Waals surface area contributed by atoms with E-state index in [2.05, 4.69) is 15.3 Å². The lowest BCUT2D eigenvalue weighted by Gasteiger charge is -2.08. The van der Waals surface area contributed by atoms with E-state index in [1.807, 2.05) is 34.9 Å². The minimum Gasteiger partial charge on any atom is -0.497 e. The Balaban J connectivity index is 1.68. The van der Waals surface area contributed by atoms with Gasteiger partial charge < -0.3 is 15.2 Å². The highest BCUT2D eigenvalue weighted by Crippen LogP contribution is 2.26. The van der Waals surface area contributed by atoms with Crippen LogP contribution in [0.25, 0.3) is 16.9 Å². The van der Waals surface area contributed by atoms with Gasteiger partial charge in [0.15, 0.2) is 11.5 Å². The number of carboxylic acid groups (broad SMARTS) is 1. The molecule has 4 aromatic rings. The maximum absolute atomic E-state index is 11.0. The second kappa shape index (κ2) is 6.80. The van der Waals surface area contributed by atoms with Crippen molar-refractivity contribution in [2.45, 2.75) is 0 Å². The summed E-state index contributed by atoms with van der Waals surface area (Å²) in [5, 5.41) is 12.2. The normalized spacial score (nSPS) is 10.7. The van der Waals surface area contributed by atoms with E-state index in [-0.39, 0.29) is 5.56 Å². The number of imidazole rings is 1. The van der Waals surface area contributed by atoms with Crippen molar-refractivity contribution in [3.8, 4) is 17.0 Å². The van der Waals surface area contributed by atoms with Crippen LogP contribution in [0.5, 0.6) is 5.75 Å². The Labute approximate surface area is 154 Å². The molecule has 0 atom stereocenters. The maximum atomic E-state index is 11.0. The molecule has 0 aliphatic heterocycles. The number of aromatic carboxylic acids is 1. The minimum atomic E-state index is -0.959. The minimum absolute atomic E-state index is 0.231. The third kappa shape index (κ3) is 3.18. The van der Waals surface area contributed by atoms with Crippen LogP contribution in [0.15, 0.2) is 67.1 Å². The Kier molecular flexibility index (Phi) is 4.18. The van der Waals surface area contributed by atoms with Gasteiger partial charge in [-0.2, -0.15) is 0 Å². The van der Waals surface area contributed by atoms with E-state index < -0.39 is 5.97 Å². The molecule has 0 saturated heterocycles. The van der Waals surface area contributed by atoms with Crippen LogP contribution in [0.1, 0.15) is 10.4 Å². The molecule has 0 aliphatic carbocycles. The smallest absolute Gasteiger partial charge is 0.335 e. The zero-order valence-corrected chi connectivity index (χ0v) is 14.5. The molecule has 7 heteroatoms. The average molecular weight is 360 g/mol. The van der Waals surface area contributed by atoms with Gasteiger partial charge >= 0.3 is 5.97 Å². The number of nitrogens with one attached hydrogen (secondary N) is 1. The monoisotopic (exact) mass is 360 g/mol. The number of carbonyl (C=O) groups is 1. The molecule has 0 spiro atoms. The SMILES string of the molecule is COc1ccc(-c2cnc3c(Nc4ccc(C(=O)O)cc4)nccn23)cc1. The number of fused-ring (bicyclic) bond motifs is 1. The van der Waals surface area contributed by atoms with Crippen molar-refractivity contribution in [2.24, 2.45) is 0 Å². The lowest BCUT2D eigenvalue weighted by Crippen LogP contribution is -2.00. The molecule has 0 radical (unpaired) electrons. The van der Waals surface area contributed by atoms with Gasteiger partial charge in [0, 0.05) is 23.6 Å². The molecule has 2 aromatic heterocycles. The van der Waals surface area contributed by atoms with Crippen LogP contribution >= 0.6 is 0 Å². The van der Waals surface area contributed by atoms with E-state index in [4.69, 9.17) is 9.84 Å². The van der Waals surface area contributed by atoms with E-state index in [1.165, 1.54) is 0 Å². The first-order valence-electron chi connectivity index (χ1n) is 8.22. The molecule has 134 valence electrons. The highest BCUT2D eigenvalue weighted by atomic mass is 16.5. The summed E-state index contributed by atoms with van der Waals surface area (Å²) in [5.41, 5.74) is 3.57. The summed E-state index contributed by atoms with van der Waals surface area (Å²) in [6.07, 6.45) is 5.33. The molecule has 2 aromatic carbocycles. The number of carboxylic acids is 1. The largest absolute Gasteiger partial charge is 0.497 e. The lowest BCUT2D eigenvalue weighted by atomic mass is 10.1. The first kappa shape index (κ1) is 16.6. The number of ether oxygens (including phenoxy) is 1. The fourth-order valence-corrected chi connectivity index (χ4v) is 2.82. The van der Waals surface area contributed by atoms with Gasteiger partial charge in [-0.25, -0.2) is 14.8 Å². The quantitative estimate of drug-likeness (QED) is 0.562. The molecule has 4 rings (SSSR count). The van der Waals surface area contributed by atoms with Crippen molar-refractivity contribution < 1.29 is 14.6 Å². The number of hydrogen-bond donors (Lipinski definition) is 2. The summed E-state index contributed by atoms with van der Waals surface area (Å²) < 4.78 is 7.15. The summed E-state index contributed by atoms with van der Waals surface area (Å²) in [4.78, 5) is 19.8. The van der Waals surface area contributed by atoms with Crippen LogP contribution in [-0.4, -0.2) is 32.6 Å². The summed E-state index contributed by atoms with van der Waals surface area (Å²) in [6.45, 7) is 0. The topological polar surface area (TPSA) is 88.8 Å². The van der Waals surface area contributed by atoms with Gasteiger partial charge in [0.25, 0.3) is 0 Å². The van der Waals surface area contributed by atoms with Gasteiger partial charge in [0.2, 0.25) is 0 Å². The fraction of sp³-hybridized carbons (Fsp3) is 0.0500. The van der Waals surface area contributed by atoms with E-state index in [0.29, 0.717) is 11.5 Å². The summed E-state index contributed by atoms with van der Waals surface area (Å²) in [6, 6.07) is 14.2. The second-order valence-corrected chi connectivity index (χ2v) is 5.85. The maximum Gasteiger partial charge on any atom is 0.335 e. The van der Waals surface area contributed by atoms with Crippen molar-refractivity contribution in [2.75, 3.05) is 12.4 Å². The molecule has 0 fully saturated rings. The molecular weight excluding hydrogens is 344 g/mol. The molecule has 2 heterocycles. The number of aromatic nitrogens is 3. The molecular formula is C20H16N4O3. The average Bonchev–Trinajstić information content (AvgIpc) is 3.14. The first-order valence-corrected chi connectivity index (χ1v) is 8.22. The van der Waals surface area contributed by atoms with Crippen molar-refractivity contribution in [1.29, 1.82) is 0 Å². The van der Waals surface area contributed by atoms with Crippen LogP contribution in [0.4, 0.5) is 11.5 Å². The Morgan fingerprint density at radius 3 is 2.48 bits per heavy atom. The third-order valence-electron chi connectivity index (χ3n) is 4.21. The predicted molar refractivity (Wildman–Crippen MR) is 102 cm³/mol. The number of hydrogen-bond acceptors (Lipinski definition) is 5. The highest BCUT2D eigenvalue weighted by molar-refractivity contribution is 5.88. The highest BCUT2D eigenvalue weighted by Gasteiger charge is 2.11. The molecule has 2 N–H and O–H groups in total. The molecule has 0 bridgehead atoms. The van der Waals surface area contributed by atoms with Crippen molar-refractivity contribution in [1.82, 2.24) is 14.4 Å². The number of rotatable bonds is 5. The van der Waals surface area contributed by atoms with Crippen LogP contribution in [-0.2, 0) is 0 Å². The Bertz CT molecular complexity index is 1100. The van der Waals surface area contributed by atoms with Crippen molar-refractivity contribution >= 4 is 23.1 Å². The van der Waals surface area contributed by atoms with E-state index >= 15 is 0 Å². The third-order valence-corrected chi connectivity index (χ3v) is 4.21. The van der Waals surface area contributed by atoms with Crippen molar-refractivity contribution in [3.63, 3.8) is 0 Å². The number of methoxy groups -OCH3 is 1. The molecule has 7 nitrogen and oxygen atoms in total. The molecule has 0 aliphatic rings. The van der Waals surface area contributed by atoms with E-state index in [1.54, 1.807) is 43.8 Å². The summed E-state index contributed by atoms with van der Waals surface area (Å²) >= 11 is 0. The zero-order valence-electron chi connectivity index (χ0n) is 14.5.